The second kappa shape index (κ2) is 5.05. The molecular formula is C12H14N2O4. The van der Waals surface area contributed by atoms with Crippen LogP contribution < -0.4 is 10.2 Å². The maximum atomic E-state index is 11.3. The highest BCUT2D eigenvalue weighted by molar-refractivity contribution is 6.05. The van der Waals surface area contributed by atoms with Gasteiger partial charge in [-0.3, -0.25) is 0 Å². The van der Waals surface area contributed by atoms with Crippen LogP contribution in [0.4, 0.5) is 5.69 Å². The normalized spacial score (nSPS) is 15.4. The Kier molecular flexibility index (Phi) is 3.47. The summed E-state index contributed by atoms with van der Waals surface area (Å²) < 4.78 is 0. The molecule has 1 fully saturated rings. The van der Waals surface area contributed by atoms with Gasteiger partial charge < -0.3 is 20.4 Å². The fourth-order valence-corrected chi connectivity index (χ4v) is 2.11. The summed E-state index contributed by atoms with van der Waals surface area (Å²) in [5.41, 5.74) is 0.175. The Balaban J connectivity index is 2.48. The summed E-state index contributed by atoms with van der Waals surface area (Å²) >= 11 is 0. The minimum atomic E-state index is -1.22. The van der Waals surface area contributed by atoms with Gasteiger partial charge in [-0.1, -0.05) is 6.07 Å². The Bertz CT molecular complexity index is 481. The molecule has 6 heteroatoms. The van der Waals surface area contributed by atoms with E-state index in [0.717, 1.165) is 13.1 Å². The van der Waals surface area contributed by atoms with Crippen molar-refractivity contribution >= 4 is 17.6 Å². The van der Waals surface area contributed by atoms with Gasteiger partial charge in [-0.05, 0) is 12.1 Å². The van der Waals surface area contributed by atoms with Crippen molar-refractivity contribution in [1.29, 1.82) is 0 Å². The molecule has 0 aliphatic carbocycles. The van der Waals surface area contributed by atoms with Crippen LogP contribution in [-0.4, -0.2) is 48.3 Å². The molecule has 2 rings (SSSR count). The highest BCUT2D eigenvalue weighted by Crippen LogP contribution is 2.24. The van der Waals surface area contributed by atoms with Gasteiger partial charge in [0.2, 0.25) is 0 Å². The fraction of sp³-hybridized carbons (Fsp3) is 0.333. The summed E-state index contributed by atoms with van der Waals surface area (Å²) in [7, 11) is 0. The van der Waals surface area contributed by atoms with Crippen molar-refractivity contribution in [2.45, 2.75) is 0 Å². The lowest BCUT2D eigenvalue weighted by Crippen LogP contribution is -2.44. The van der Waals surface area contributed by atoms with Crippen LogP contribution in [0.25, 0.3) is 0 Å². The largest absolute Gasteiger partial charge is 0.478 e. The SMILES string of the molecule is O=C(O)c1cccc(N2CCNCC2)c1C(=O)O. The summed E-state index contributed by atoms with van der Waals surface area (Å²) in [5, 5.41) is 21.4. The molecular weight excluding hydrogens is 236 g/mol. The summed E-state index contributed by atoms with van der Waals surface area (Å²) in [5.74, 6) is -2.43. The Morgan fingerprint density at radius 1 is 1.11 bits per heavy atom. The summed E-state index contributed by atoms with van der Waals surface area (Å²) in [6.45, 7) is 2.86. The van der Waals surface area contributed by atoms with E-state index in [-0.39, 0.29) is 11.1 Å². The second-order valence-electron chi connectivity index (χ2n) is 4.05. The van der Waals surface area contributed by atoms with E-state index < -0.39 is 11.9 Å². The molecule has 96 valence electrons. The molecule has 1 aromatic rings. The molecule has 0 amide bonds. The number of carboxylic acids is 2. The van der Waals surface area contributed by atoms with Crippen LogP contribution in [0.5, 0.6) is 0 Å². The van der Waals surface area contributed by atoms with E-state index in [4.69, 9.17) is 5.11 Å². The van der Waals surface area contributed by atoms with Crippen molar-refractivity contribution in [3.05, 3.63) is 29.3 Å². The molecule has 1 aliphatic rings. The first-order valence-corrected chi connectivity index (χ1v) is 5.66. The Labute approximate surface area is 104 Å². The van der Waals surface area contributed by atoms with Crippen molar-refractivity contribution in [3.8, 4) is 0 Å². The molecule has 18 heavy (non-hydrogen) atoms. The third-order valence-electron chi connectivity index (χ3n) is 2.94. The number of carbonyl (C=O) groups is 2. The van der Waals surface area contributed by atoms with Crippen molar-refractivity contribution in [1.82, 2.24) is 5.32 Å². The van der Waals surface area contributed by atoms with Crippen LogP contribution in [0.1, 0.15) is 20.7 Å². The summed E-state index contributed by atoms with van der Waals surface area (Å²) in [6, 6.07) is 4.55. The number of hydrogen-bond acceptors (Lipinski definition) is 4. The van der Waals surface area contributed by atoms with Gasteiger partial charge in [0.25, 0.3) is 0 Å². The second-order valence-corrected chi connectivity index (χ2v) is 4.05. The van der Waals surface area contributed by atoms with Crippen LogP contribution in [0, 0.1) is 0 Å². The van der Waals surface area contributed by atoms with Crippen molar-refractivity contribution in [3.63, 3.8) is 0 Å². The molecule has 0 bridgehead atoms. The Hall–Kier alpha value is -2.08. The minimum Gasteiger partial charge on any atom is -0.478 e. The first-order valence-electron chi connectivity index (χ1n) is 5.66. The zero-order valence-corrected chi connectivity index (χ0v) is 9.72. The average Bonchev–Trinajstić information content (AvgIpc) is 2.38. The Morgan fingerprint density at radius 3 is 2.33 bits per heavy atom. The van der Waals surface area contributed by atoms with Crippen LogP contribution in [-0.2, 0) is 0 Å². The summed E-state index contributed by atoms with van der Waals surface area (Å²) in [4.78, 5) is 24.2. The van der Waals surface area contributed by atoms with Gasteiger partial charge in [0.1, 0.15) is 0 Å². The van der Waals surface area contributed by atoms with Crippen molar-refractivity contribution in [2.75, 3.05) is 31.1 Å². The smallest absolute Gasteiger partial charge is 0.338 e. The van der Waals surface area contributed by atoms with E-state index >= 15 is 0 Å². The lowest BCUT2D eigenvalue weighted by molar-refractivity contribution is 0.0652. The van der Waals surface area contributed by atoms with E-state index in [1.54, 1.807) is 12.1 Å². The predicted octanol–water partition coefficient (Wildman–Crippen LogP) is 0.493. The Morgan fingerprint density at radius 2 is 1.78 bits per heavy atom. The first kappa shape index (κ1) is 12.4. The number of nitrogens with zero attached hydrogens (tertiary/aromatic N) is 1. The van der Waals surface area contributed by atoms with Gasteiger partial charge in [-0.15, -0.1) is 0 Å². The van der Waals surface area contributed by atoms with E-state index in [2.05, 4.69) is 5.32 Å². The van der Waals surface area contributed by atoms with Gasteiger partial charge in [-0.25, -0.2) is 9.59 Å². The zero-order valence-electron chi connectivity index (χ0n) is 9.72. The van der Waals surface area contributed by atoms with Gasteiger partial charge in [-0.2, -0.15) is 0 Å². The molecule has 3 N–H and O–H groups in total. The van der Waals surface area contributed by atoms with Crippen molar-refractivity contribution < 1.29 is 19.8 Å². The van der Waals surface area contributed by atoms with Crippen LogP contribution in [0.2, 0.25) is 0 Å². The van der Waals surface area contributed by atoms with E-state index in [9.17, 15) is 14.7 Å². The third-order valence-corrected chi connectivity index (χ3v) is 2.94. The van der Waals surface area contributed by atoms with E-state index in [1.807, 2.05) is 4.90 Å². The van der Waals surface area contributed by atoms with Gasteiger partial charge >= 0.3 is 11.9 Å². The molecule has 1 aliphatic heterocycles. The lowest BCUT2D eigenvalue weighted by atomic mass is 10.0. The molecule has 1 aromatic carbocycles. The van der Waals surface area contributed by atoms with Gasteiger partial charge in [0.15, 0.2) is 0 Å². The number of anilines is 1. The monoisotopic (exact) mass is 250 g/mol. The first-order chi connectivity index (χ1) is 8.61. The molecule has 0 aromatic heterocycles. The van der Waals surface area contributed by atoms with E-state index in [0.29, 0.717) is 18.8 Å². The van der Waals surface area contributed by atoms with Crippen molar-refractivity contribution in [2.24, 2.45) is 0 Å². The number of carboxylic acid groups (broad SMARTS) is 2. The van der Waals surface area contributed by atoms with Crippen LogP contribution in [0.3, 0.4) is 0 Å². The highest BCUT2D eigenvalue weighted by atomic mass is 16.4. The minimum absolute atomic E-state index is 0.132. The topological polar surface area (TPSA) is 89.9 Å². The highest BCUT2D eigenvalue weighted by Gasteiger charge is 2.23. The molecule has 0 unspecified atom stereocenters. The number of aromatic carboxylic acids is 2. The molecule has 1 saturated heterocycles. The fourth-order valence-electron chi connectivity index (χ4n) is 2.11. The molecule has 0 radical (unpaired) electrons. The molecule has 0 atom stereocenters. The van der Waals surface area contributed by atoms with Crippen LogP contribution >= 0.6 is 0 Å². The van der Waals surface area contributed by atoms with E-state index in [1.165, 1.54) is 6.07 Å². The standard InChI is InChI=1S/C12H14N2O4/c15-11(16)8-2-1-3-9(10(8)12(17)18)14-6-4-13-5-7-14/h1-3,13H,4-7H2,(H,15,16)(H,17,18). The number of nitrogens with one attached hydrogen (secondary N) is 1. The average molecular weight is 250 g/mol. The molecule has 1 heterocycles. The molecule has 0 spiro atoms. The summed E-state index contributed by atoms with van der Waals surface area (Å²) in [6.07, 6.45) is 0. The number of piperazine rings is 1. The third kappa shape index (κ3) is 2.28. The number of rotatable bonds is 3. The number of benzene rings is 1. The molecule has 6 nitrogen and oxygen atoms in total. The van der Waals surface area contributed by atoms with Gasteiger partial charge in [0, 0.05) is 26.2 Å². The van der Waals surface area contributed by atoms with Crippen LogP contribution in [0.15, 0.2) is 18.2 Å². The maximum absolute atomic E-state index is 11.3. The zero-order chi connectivity index (χ0) is 13.1. The molecule has 0 saturated carbocycles. The lowest BCUT2D eigenvalue weighted by Gasteiger charge is -2.30. The predicted molar refractivity (Wildman–Crippen MR) is 65.4 cm³/mol. The maximum Gasteiger partial charge on any atom is 0.338 e. The quantitative estimate of drug-likeness (QED) is 0.723. The number of hydrogen-bond donors (Lipinski definition) is 3. The van der Waals surface area contributed by atoms with Gasteiger partial charge in [0.05, 0.1) is 16.8 Å².